The summed E-state index contributed by atoms with van der Waals surface area (Å²) in [6.45, 7) is 0. The van der Waals surface area contributed by atoms with Gasteiger partial charge < -0.3 is 4.74 Å². The summed E-state index contributed by atoms with van der Waals surface area (Å²) in [7, 11) is 1.13. The average molecular weight is 332 g/mol. The first-order chi connectivity index (χ1) is 11.4. The third-order valence-corrected chi connectivity index (χ3v) is 3.23. The van der Waals surface area contributed by atoms with E-state index in [-0.39, 0.29) is 11.1 Å². The molecule has 0 heterocycles. The van der Waals surface area contributed by atoms with E-state index in [1.165, 1.54) is 30.3 Å². The highest BCUT2D eigenvalue weighted by atomic mass is 19.4. The van der Waals surface area contributed by atoms with Crippen LogP contribution >= 0.6 is 0 Å². The number of halogens is 3. The summed E-state index contributed by atoms with van der Waals surface area (Å²) in [5.74, 6) is -0.837. The standard InChI is InChI=1S/C19H15F3O2/c1-24-18(23)16(12-14-8-4-2-5-9-14)13-17(19(20,21)22)15-10-6-3-7-11-15/h2-13H,1H3/b16-12?,17-13+. The van der Waals surface area contributed by atoms with Crippen molar-refractivity contribution in [2.75, 3.05) is 7.11 Å². The Morgan fingerprint density at radius 3 is 2.00 bits per heavy atom. The molecule has 0 amide bonds. The molecule has 124 valence electrons. The fraction of sp³-hybridized carbons (Fsp3) is 0.105. The Bertz CT molecular complexity index is 745. The second kappa shape index (κ2) is 7.64. The first-order valence-electron chi connectivity index (χ1n) is 7.11. The van der Waals surface area contributed by atoms with Gasteiger partial charge in [0.1, 0.15) is 0 Å². The Kier molecular flexibility index (Phi) is 5.58. The number of esters is 1. The number of rotatable bonds is 4. The molecule has 0 fully saturated rings. The zero-order chi connectivity index (χ0) is 17.6. The monoisotopic (exact) mass is 332 g/mol. The Morgan fingerprint density at radius 2 is 1.50 bits per heavy atom. The van der Waals surface area contributed by atoms with E-state index in [0.717, 1.165) is 13.2 Å². The highest BCUT2D eigenvalue weighted by molar-refractivity contribution is 5.99. The van der Waals surface area contributed by atoms with E-state index < -0.39 is 17.7 Å². The summed E-state index contributed by atoms with van der Waals surface area (Å²) in [5.41, 5.74) is -0.507. The molecule has 0 saturated carbocycles. The Morgan fingerprint density at radius 1 is 0.958 bits per heavy atom. The number of allylic oxidation sites excluding steroid dienone is 1. The lowest BCUT2D eigenvalue weighted by Crippen LogP contribution is -2.13. The van der Waals surface area contributed by atoms with Gasteiger partial charge in [0.25, 0.3) is 0 Å². The van der Waals surface area contributed by atoms with E-state index in [1.807, 2.05) is 0 Å². The van der Waals surface area contributed by atoms with Crippen molar-refractivity contribution in [1.82, 2.24) is 0 Å². The summed E-state index contributed by atoms with van der Waals surface area (Å²) < 4.78 is 44.9. The van der Waals surface area contributed by atoms with Gasteiger partial charge in [0.05, 0.1) is 18.3 Å². The molecule has 5 heteroatoms. The maximum absolute atomic E-state index is 13.4. The SMILES string of the molecule is COC(=O)C(=Cc1ccccc1)/C=C(\c1ccccc1)C(F)(F)F. The fourth-order valence-electron chi connectivity index (χ4n) is 2.11. The topological polar surface area (TPSA) is 26.3 Å². The summed E-state index contributed by atoms with van der Waals surface area (Å²) >= 11 is 0. The normalized spacial score (nSPS) is 12.8. The van der Waals surface area contributed by atoms with E-state index in [4.69, 9.17) is 0 Å². The van der Waals surface area contributed by atoms with Crippen LogP contribution in [0, 0.1) is 0 Å². The second-order valence-corrected chi connectivity index (χ2v) is 4.92. The van der Waals surface area contributed by atoms with Crippen molar-refractivity contribution in [2.45, 2.75) is 6.18 Å². The first-order valence-corrected chi connectivity index (χ1v) is 7.11. The molecule has 0 aromatic heterocycles. The number of hydrogen-bond donors (Lipinski definition) is 0. The van der Waals surface area contributed by atoms with Gasteiger partial charge in [-0.15, -0.1) is 0 Å². The van der Waals surface area contributed by atoms with Crippen molar-refractivity contribution in [3.05, 3.63) is 83.4 Å². The predicted octanol–water partition coefficient (Wildman–Crippen LogP) is 4.89. The van der Waals surface area contributed by atoms with E-state index in [0.29, 0.717) is 5.56 Å². The molecule has 0 saturated heterocycles. The van der Waals surface area contributed by atoms with Gasteiger partial charge in [-0.25, -0.2) is 4.79 Å². The molecule has 0 atom stereocenters. The molecule has 24 heavy (non-hydrogen) atoms. The molecular weight excluding hydrogens is 317 g/mol. The predicted molar refractivity (Wildman–Crippen MR) is 86.9 cm³/mol. The van der Waals surface area contributed by atoms with Gasteiger partial charge in [0.15, 0.2) is 0 Å². The molecule has 2 rings (SSSR count). The van der Waals surface area contributed by atoms with Crippen LogP contribution in [-0.2, 0) is 9.53 Å². The lowest BCUT2D eigenvalue weighted by molar-refractivity contribution is -0.135. The minimum Gasteiger partial charge on any atom is -0.465 e. The molecule has 0 unspecified atom stereocenters. The van der Waals surface area contributed by atoms with Crippen LogP contribution in [-0.4, -0.2) is 19.3 Å². The molecule has 2 nitrogen and oxygen atoms in total. The van der Waals surface area contributed by atoms with Crippen LogP contribution < -0.4 is 0 Å². The van der Waals surface area contributed by atoms with Crippen LogP contribution in [0.4, 0.5) is 13.2 Å². The third kappa shape index (κ3) is 4.59. The maximum Gasteiger partial charge on any atom is 0.417 e. The summed E-state index contributed by atoms with van der Waals surface area (Å²) in [6.07, 6.45) is -2.43. The van der Waals surface area contributed by atoms with Gasteiger partial charge in [-0.2, -0.15) is 13.2 Å². The average Bonchev–Trinajstić information content (AvgIpc) is 2.58. The number of alkyl halides is 3. The number of ether oxygens (including phenoxy) is 1. The van der Waals surface area contributed by atoms with Crippen molar-refractivity contribution < 1.29 is 22.7 Å². The number of carbonyl (C=O) groups is 1. The molecule has 2 aromatic carbocycles. The van der Waals surface area contributed by atoms with E-state index in [1.54, 1.807) is 36.4 Å². The van der Waals surface area contributed by atoms with Crippen LogP contribution in [0.1, 0.15) is 11.1 Å². The van der Waals surface area contributed by atoms with Crippen molar-refractivity contribution in [2.24, 2.45) is 0 Å². The van der Waals surface area contributed by atoms with E-state index in [2.05, 4.69) is 4.74 Å². The molecule has 2 aromatic rings. The third-order valence-electron chi connectivity index (χ3n) is 3.23. The molecule has 0 aliphatic rings. The summed E-state index contributed by atoms with van der Waals surface area (Å²) in [6, 6.07) is 15.9. The van der Waals surface area contributed by atoms with Crippen LogP contribution in [0.3, 0.4) is 0 Å². The number of carbonyl (C=O) groups excluding carboxylic acids is 1. The van der Waals surface area contributed by atoms with Gasteiger partial charge in [0, 0.05) is 0 Å². The molecular formula is C19H15F3O2. The Balaban J connectivity index is 2.57. The summed E-state index contributed by atoms with van der Waals surface area (Å²) in [4.78, 5) is 11.9. The van der Waals surface area contributed by atoms with Gasteiger partial charge >= 0.3 is 12.1 Å². The van der Waals surface area contributed by atoms with Crippen LogP contribution in [0.15, 0.2) is 72.3 Å². The smallest absolute Gasteiger partial charge is 0.417 e. The number of methoxy groups -OCH3 is 1. The Hall–Kier alpha value is -2.82. The zero-order valence-corrected chi connectivity index (χ0v) is 12.9. The van der Waals surface area contributed by atoms with Crippen molar-refractivity contribution in [1.29, 1.82) is 0 Å². The molecule has 0 N–H and O–H groups in total. The Labute approximate surface area is 137 Å². The van der Waals surface area contributed by atoms with Crippen molar-refractivity contribution in [3.63, 3.8) is 0 Å². The summed E-state index contributed by atoms with van der Waals surface area (Å²) in [5, 5.41) is 0. The quantitative estimate of drug-likeness (QED) is 0.453. The maximum atomic E-state index is 13.4. The van der Waals surface area contributed by atoms with Gasteiger partial charge in [-0.3, -0.25) is 0 Å². The molecule has 0 aliphatic carbocycles. The van der Waals surface area contributed by atoms with Crippen LogP contribution in [0.5, 0.6) is 0 Å². The number of hydrogen-bond acceptors (Lipinski definition) is 2. The van der Waals surface area contributed by atoms with Crippen molar-refractivity contribution >= 4 is 17.6 Å². The fourth-order valence-corrected chi connectivity index (χ4v) is 2.11. The highest BCUT2D eigenvalue weighted by Gasteiger charge is 2.35. The van der Waals surface area contributed by atoms with Gasteiger partial charge in [-0.1, -0.05) is 60.7 Å². The van der Waals surface area contributed by atoms with Crippen LogP contribution in [0.2, 0.25) is 0 Å². The first kappa shape index (κ1) is 17.5. The second-order valence-electron chi connectivity index (χ2n) is 4.92. The largest absolute Gasteiger partial charge is 0.465 e. The van der Waals surface area contributed by atoms with Gasteiger partial charge in [-0.05, 0) is 23.3 Å². The van der Waals surface area contributed by atoms with Crippen LogP contribution in [0.25, 0.3) is 11.6 Å². The van der Waals surface area contributed by atoms with Crippen molar-refractivity contribution in [3.8, 4) is 0 Å². The molecule has 0 radical (unpaired) electrons. The lowest BCUT2D eigenvalue weighted by Gasteiger charge is -2.13. The number of benzene rings is 2. The van der Waals surface area contributed by atoms with Gasteiger partial charge in [0.2, 0.25) is 0 Å². The molecule has 0 bridgehead atoms. The van der Waals surface area contributed by atoms with E-state index in [9.17, 15) is 18.0 Å². The lowest BCUT2D eigenvalue weighted by atomic mass is 10.0. The molecule has 0 aliphatic heterocycles. The minimum atomic E-state index is -4.61. The zero-order valence-electron chi connectivity index (χ0n) is 12.9. The minimum absolute atomic E-state index is 0.0205. The molecule has 0 spiro atoms. The highest BCUT2D eigenvalue weighted by Crippen LogP contribution is 2.35. The van der Waals surface area contributed by atoms with E-state index >= 15 is 0 Å².